The molecule has 0 saturated carbocycles. The summed E-state index contributed by atoms with van der Waals surface area (Å²) in [6.07, 6.45) is 2.17. The molecule has 6 heteroatoms. The predicted molar refractivity (Wildman–Crippen MR) is 72.2 cm³/mol. The third-order valence-corrected chi connectivity index (χ3v) is 3.52. The molecule has 3 amide bonds. The van der Waals surface area contributed by atoms with E-state index in [0.717, 1.165) is 17.9 Å². The van der Waals surface area contributed by atoms with E-state index >= 15 is 0 Å². The van der Waals surface area contributed by atoms with Crippen molar-refractivity contribution in [2.45, 2.75) is 32.2 Å². The molecule has 0 radical (unpaired) electrons. The van der Waals surface area contributed by atoms with Crippen LogP contribution in [0, 0.1) is 0 Å². The quantitative estimate of drug-likeness (QED) is 0.611. The van der Waals surface area contributed by atoms with E-state index in [0.29, 0.717) is 6.41 Å². The molecule has 0 unspecified atom stereocenters. The van der Waals surface area contributed by atoms with E-state index in [2.05, 4.69) is 16.8 Å². The van der Waals surface area contributed by atoms with Crippen molar-refractivity contribution in [3.63, 3.8) is 0 Å². The first-order valence-corrected chi connectivity index (χ1v) is 6.63. The second kappa shape index (κ2) is 6.51. The molecule has 0 aromatic carbocycles. The highest BCUT2D eigenvalue weighted by Crippen LogP contribution is 2.17. The van der Waals surface area contributed by atoms with Gasteiger partial charge in [0.2, 0.25) is 6.41 Å². The Morgan fingerprint density at radius 1 is 1.56 bits per heavy atom. The smallest absolute Gasteiger partial charge is 0.332 e. The summed E-state index contributed by atoms with van der Waals surface area (Å²) >= 11 is 1.71. The topological polar surface area (TPSA) is 61.4 Å². The molecule has 100 valence electrons. The van der Waals surface area contributed by atoms with Gasteiger partial charge in [0.1, 0.15) is 0 Å². The van der Waals surface area contributed by atoms with Gasteiger partial charge in [-0.1, -0.05) is 6.07 Å². The van der Waals surface area contributed by atoms with Gasteiger partial charge in [0.05, 0.1) is 0 Å². The Balaban J connectivity index is 2.48. The van der Waals surface area contributed by atoms with Gasteiger partial charge >= 0.3 is 6.03 Å². The van der Waals surface area contributed by atoms with E-state index in [9.17, 15) is 9.59 Å². The monoisotopic (exact) mass is 269 g/mol. The van der Waals surface area contributed by atoms with Crippen molar-refractivity contribution >= 4 is 23.8 Å². The minimum Gasteiger partial charge on any atom is -0.332 e. The number of thiophene rings is 1. The molecule has 5 nitrogen and oxygen atoms in total. The molecule has 1 aromatic rings. The van der Waals surface area contributed by atoms with Gasteiger partial charge in [-0.3, -0.25) is 4.79 Å². The number of hydrogen-bond acceptors (Lipinski definition) is 4. The fourth-order valence-corrected chi connectivity index (χ4v) is 2.21. The second-order valence-corrected chi connectivity index (χ2v) is 5.62. The number of nitrogens with one attached hydrogen (secondary N) is 2. The maximum Gasteiger partial charge on any atom is 0.339 e. The lowest BCUT2D eigenvalue weighted by Crippen LogP contribution is -2.53. The summed E-state index contributed by atoms with van der Waals surface area (Å²) in [5, 5.41) is 5.74. The van der Waals surface area contributed by atoms with Crippen molar-refractivity contribution in [1.82, 2.24) is 15.8 Å². The van der Waals surface area contributed by atoms with Crippen LogP contribution in [0.5, 0.6) is 0 Å². The summed E-state index contributed by atoms with van der Waals surface area (Å²) in [7, 11) is 1.52. The molecule has 1 rings (SSSR count). The van der Waals surface area contributed by atoms with Crippen LogP contribution in [-0.4, -0.2) is 30.0 Å². The van der Waals surface area contributed by atoms with Crippen LogP contribution >= 0.6 is 11.3 Å². The van der Waals surface area contributed by atoms with Crippen molar-refractivity contribution in [2.75, 3.05) is 7.05 Å². The average Bonchev–Trinajstić information content (AvgIpc) is 2.80. The molecule has 0 bridgehead atoms. The largest absolute Gasteiger partial charge is 0.339 e. The van der Waals surface area contributed by atoms with Crippen molar-refractivity contribution in [3.8, 4) is 0 Å². The second-order valence-electron chi connectivity index (χ2n) is 4.59. The number of aryl methyl sites for hydroxylation is 1. The van der Waals surface area contributed by atoms with Crippen LogP contribution in [-0.2, 0) is 11.2 Å². The van der Waals surface area contributed by atoms with Gasteiger partial charge in [0, 0.05) is 17.5 Å². The number of imide groups is 1. The van der Waals surface area contributed by atoms with E-state index in [-0.39, 0.29) is 5.54 Å². The number of urea groups is 1. The van der Waals surface area contributed by atoms with Gasteiger partial charge in [-0.15, -0.1) is 11.3 Å². The van der Waals surface area contributed by atoms with Crippen molar-refractivity contribution in [1.29, 1.82) is 0 Å². The van der Waals surface area contributed by atoms with Gasteiger partial charge in [-0.2, -0.15) is 5.01 Å². The van der Waals surface area contributed by atoms with Crippen molar-refractivity contribution in [2.24, 2.45) is 0 Å². The SMILES string of the molecule is CNN(C=O)C(=O)NC(C)(C)CCc1cccs1. The lowest BCUT2D eigenvalue weighted by molar-refractivity contribution is -0.117. The predicted octanol–water partition coefficient (Wildman–Crippen LogP) is 1.76. The fraction of sp³-hybridized carbons (Fsp3) is 0.500. The van der Waals surface area contributed by atoms with E-state index in [4.69, 9.17) is 0 Å². The molecule has 18 heavy (non-hydrogen) atoms. The maximum atomic E-state index is 11.7. The molecule has 2 N–H and O–H groups in total. The molecule has 0 fully saturated rings. The number of hydrogen-bond donors (Lipinski definition) is 2. The summed E-state index contributed by atoms with van der Waals surface area (Å²) < 4.78 is 0. The molecule has 0 aliphatic rings. The van der Waals surface area contributed by atoms with Crippen LogP contribution in [0.15, 0.2) is 17.5 Å². The first-order chi connectivity index (χ1) is 8.48. The van der Waals surface area contributed by atoms with Crippen LogP contribution < -0.4 is 10.7 Å². The fourth-order valence-electron chi connectivity index (χ4n) is 1.50. The number of carbonyl (C=O) groups excluding carboxylic acids is 2. The molecular formula is C12H19N3O2S. The standard InChI is InChI=1S/C12H19N3O2S/c1-12(2,7-6-10-5-4-8-18-10)14-11(17)15(9-16)13-3/h4-5,8-9,13H,6-7H2,1-3H3,(H,14,17). The van der Waals surface area contributed by atoms with E-state index in [1.165, 1.54) is 11.9 Å². The Morgan fingerprint density at radius 3 is 2.78 bits per heavy atom. The molecule has 0 atom stereocenters. The van der Waals surface area contributed by atoms with Gasteiger partial charge < -0.3 is 5.32 Å². The molecule has 1 aromatic heterocycles. The Kier molecular flexibility index (Phi) is 5.30. The van der Waals surface area contributed by atoms with Crippen LogP contribution in [0.25, 0.3) is 0 Å². The zero-order valence-electron chi connectivity index (χ0n) is 10.9. The summed E-state index contributed by atoms with van der Waals surface area (Å²) in [5.41, 5.74) is 2.14. The number of hydrazine groups is 1. The molecule has 1 heterocycles. The normalized spacial score (nSPS) is 11.1. The van der Waals surface area contributed by atoms with E-state index < -0.39 is 6.03 Å². The number of nitrogens with zero attached hydrogens (tertiary/aromatic N) is 1. The highest BCUT2D eigenvalue weighted by Gasteiger charge is 2.23. The first kappa shape index (κ1) is 14.7. The lowest BCUT2D eigenvalue weighted by atomic mass is 9.98. The van der Waals surface area contributed by atoms with Gasteiger partial charge in [-0.05, 0) is 38.1 Å². The van der Waals surface area contributed by atoms with Gasteiger partial charge in [0.15, 0.2) is 0 Å². The minimum atomic E-state index is -0.441. The van der Waals surface area contributed by atoms with Crippen molar-refractivity contribution < 1.29 is 9.59 Å². The summed E-state index contributed by atoms with van der Waals surface area (Å²) in [4.78, 5) is 23.6. The molecule has 0 saturated heterocycles. The van der Waals surface area contributed by atoms with Crippen molar-refractivity contribution in [3.05, 3.63) is 22.4 Å². The highest BCUT2D eigenvalue weighted by atomic mass is 32.1. The Hall–Kier alpha value is -1.40. The molecular weight excluding hydrogens is 250 g/mol. The third-order valence-electron chi connectivity index (χ3n) is 2.59. The van der Waals surface area contributed by atoms with Gasteiger partial charge in [-0.25, -0.2) is 10.2 Å². The van der Waals surface area contributed by atoms with E-state index in [1.54, 1.807) is 11.3 Å². The van der Waals surface area contributed by atoms with Crippen LogP contribution in [0.2, 0.25) is 0 Å². The Labute approximate surface area is 111 Å². The number of amides is 3. The number of carbonyl (C=O) groups is 2. The van der Waals surface area contributed by atoms with E-state index in [1.807, 2.05) is 25.3 Å². The Bertz CT molecular complexity index is 390. The van der Waals surface area contributed by atoms with Crippen LogP contribution in [0.3, 0.4) is 0 Å². The minimum absolute atomic E-state index is 0.362. The zero-order chi connectivity index (χ0) is 13.6. The molecule has 0 aliphatic carbocycles. The van der Waals surface area contributed by atoms with Gasteiger partial charge in [0.25, 0.3) is 0 Å². The van der Waals surface area contributed by atoms with Crippen LogP contribution in [0.1, 0.15) is 25.1 Å². The van der Waals surface area contributed by atoms with Crippen LogP contribution in [0.4, 0.5) is 4.79 Å². The third kappa shape index (κ3) is 4.46. The number of rotatable bonds is 6. The lowest BCUT2D eigenvalue weighted by Gasteiger charge is -2.28. The summed E-state index contributed by atoms with van der Waals surface area (Å²) in [6.45, 7) is 3.88. The summed E-state index contributed by atoms with van der Waals surface area (Å²) in [5.74, 6) is 0. The average molecular weight is 269 g/mol. The Morgan fingerprint density at radius 2 is 2.28 bits per heavy atom. The molecule has 0 aliphatic heterocycles. The highest BCUT2D eigenvalue weighted by molar-refractivity contribution is 7.09. The zero-order valence-corrected chi connectivity index (χ0v) is 11.7. The molecule has 0 spiro atoms. The first-order valence-electron chi connectivity index (χ1n) is 5.75. The summed E-state index contributed by atoms with van der Waals surface area (Å²) in [6, 6.07) is 3.65. The maximum absolute atomic E-state index is 11.7.